The van der Waals surface area contributed by atoms with Gasteiger partial charge in [0.2, 0.25) is 0 Å². The zero-order valence-corrected chi connectivity index (χ0v) is 15.0. The third kappa shape index (κ3) is 3.89. The molecule has 0 atom stereocenters. The minimum Gasteiger partial charge on any atom is -0.497 e. The monoisotopic (exact) mass is 340 g/mol. The summed E-state index contributed by atoms with van der Waals surface area (Å²) in [5, 5.41) is 5.33. The van der Waals surface area contributed by atoms with Gasteiger partial charge < -0.3 is 10.1 Å². The zero-order valence-electron chi connectivity index (χ0n) is 14.2. The fraction of sp³-hybridized carbons (Fsp3) is 0.278. The lowest BCUT2D eigenvalue weighted by Gasteiger charge is -2.13. The molecule has 0 spiro atoms. The Hall–Kier alpha value is -2.47. The Morgan fingerprint density at radius 1 is 1.08 bits per heavy atom. The van der Waals surface area contributed by atoms with Gasteiger partial charge in [-0.1, -0.05) is 6.07 Å². The Morgan fingerprint density at radius 3 is 2.42 bits per heavy atom. The Kier molecular flexibility index (Phi) is 4.49. The molecular formula is C18H20N4OS. The van der Waals surface area contributed by atoms with Crippen molar-refractivity contribution in [2.24, 2.45) is 15.0 Å². The molecule has 0 radical (unpaired) electrons. The molecule has 6 heteroatoms. The van der Waals surface area contributed by atoms with Gasteiger partial charge in [0.1, 0.15) is 5.75 Å². The first kappa shape index (κ1) is 16.4. The summed E-state index contributed by atoms with van der Waals surface area (Å²) in [6.45, 7) is 6.14. The molecule has 1 aromatic carbocycles. The maximum Gasteiger partial charge on any atom is 0.193 e. The number of rotatable bonds is 3. The molecule has 0 saturated carbocycles. The van der Waals surface area contributed by atoms with Gasteiger partial charge in [-0.15, -0.1) is 11.3 Å². The molecule has 2 heterocycles. The highest BCUT2D eigenvalue weighted by Gasteiger charge is 2.22. The number of aliphatic imine (C=N–C) groups is 3. The standard InChI is InChI=1S/C18H20N4OS/c1-18(2,3)22-17-16(19-12-7-9-13(23-4)10-8-12)20-15(21-17)14-6-5-11-24-14/h5-11H,1-4H3,(H,19,20,21,22). The largest absolute Gasteiger partial charge is 0.497 e. The molecule has 1 aromatic heterocycles. The van der Waals surface area contributed by atoms with Crippen LogP contribution in [0.4, 0.5) is 5.69 Å². The lowest BCUT2D eigenvalue weighted by atomic mass is 10.1. The predicted molar refractivity (Wildman–Crippen MR) is 102 cm³/mol. The highest BCUT2D eigenvalue weighted by Crippen LogP contribution is 2.20. The third-order valence-corrected chi connectivity index (χ3v) is 4.04. The molecule has 0 amide bonds. The highest BCUT2D eigenvalue weighted by atomic mass is 32.1. The van der Waals surface area contributed by atoms with Crippen molar-refractivity contribution < 1.29 is 4.74 Å². The number of hydrogen-bond donors (Lipinski definition) is 1. The van der Waals surface area contributed by atoms with E-state index in [1.165, 1.54) is 0 Å². The molecule has 5 nitrogen and oxygen atoms in total. The number of nitrogens with one attached hydrogen (secondary N) is 1. The summed E-state index contributed by atoms with van der Waals surface area (Å²) in [4.78, 5) is 15.0. The van der Waals surface area contributed by atoms with Crippen LogP contribution in [0, 0.1) is 0 Å². The molecule has 0 saturated heterocycles. The Morgan fingerprint density at radius 2 is 1.83 bits per heavy atom. The quantitative estimate of drug-likeness (QED) is 0.909. The SMILES string of the molecule is COc1ccc(NC2=NC(c3cccs3)=NC2=NC(C)(C)C)cc1. The Balaban J connectivity index is 1.91. The van der Waals surface area contributed by atoms with Crippen molar-refractivity contribution >= 4 is 34.5 Å². The average Bonchev–Trinajstić information content (AvgIpc) is 3.17. The van der Waals surface area contributed by atoms with Gasteiger partial charge in [0.05, 0.1) is 17.5 Å². The van der Waals surface area contributed by atoms with E-state index in [2.05, 4.69) is 15.3 Å². The van der Waals surface area contributed by atoms with Gasteiger partial charge in [-0.25, -0.2) is 9.98 Å². The van der Waals surface area contributed by atoms with E-state index in [9.17, 15) is 0 Å². The minimum absolute atomic E-state index is 0.230. The molecule has 0 bridgehead atoms. The lowest BCUT2D eigenvalue weighted by molar-refractivity contribution is 0.415. The van der Waals surface area contributed by atoms with Crippen molar-refractivity contribution in [2.45, 2.75) is 26.3 Å². The van der Waals surface area contributed by atoms with Gasteiger partial charge in [0.15, 0.2) is 17.5 Å². The van der Waals surface area contributed by atoms with Crippen LogP contribution in [0.15, 0.2) is 56.8 Å². The summed E-state index contributed by atoms with van der Waals surface area (Å²) >= 11 is 1.62. The van der Waals surface area contributed by atoms with E-state index >= 15 is 0 Å². The molecule has 124 valence electrons. The Labute approximate surface area is 145 Å². The third-order valence-electron chi connectivity index (χ3n) is 3.18. The fourth-order valence-corrected chi connectivity index (χ4v) is 2.80. The number of hydrogen-bond acceptors (Lipinski definition) is 5. The number of benzene rings is 1. The number of thiophene rings is 1. The molecule has 1 N–H and O–H groups in total. The van der Waals surface area contributed by atoms with Gasteiger partial charge in [-0.3, -0.25) is 4.99 Å². The predicted octanol–water partition coefficient (Wildman–Crippen LogP) is 4.22. The smallest absolute Gasteiger partial charge is 0.193 e. The summed E-state index contributed by atoms with van der Waals surface area (Å²) in [6, 6.07) is 11.7. The van der Waals surface area contributed by atoms with Crippen molar-refractivity contribution in [3.63, 3.8) is 0 Å². The first-order valence-electron chi connectivity index (χ1n) is 7.67. The van der Waals surface area contributed by atoms with E-state index in [4.69, 9.17) is 9.73 Å². The number of methoxy groups -OCH3 is 1. The molecule has 2 aromatic rings. The normalized spacial score (nSPS) is 16.1. The zero-order chi connectivity index (χ0) is 17.2. The molecule has 24 heavy (non-hydrogen) atoms. The molecule has 0 aliphatic carbocycles. The van der Waals surface area contributed by atoms with Gasteiger partial charge in [0, 0.05) is 5.69 Å². The van der Waals surface area contributed by atoms with Crippen molar-refractivity contribution in [2.75, 3.05) is 12.4 Å². The summed E-state index contributed by atoms with van der Waals surface area (Å²) < 4.78 is 5.19. The van der Waals surface area contributed by atoms with E-state index in [0.29, 0.717) is 17.5 Å². The van der Waals surface area contributed by atoms with Crippen LogP contribution in [0.5, 0.6) is 5.75 Å². The van der Waals surface area contributed by atoms with Gasteiger partial charge in [-0.05, 0) is 56.5 Å². The minimum atomic E-state index is -0.230. The molecular weight excluding hydrogens is 320 g/mol. The first-order valence-corrected chi connectivity index (χ1v) is 8.55. The van der Waals surface area contributed by atoms with Crippen LogP contribution >= 0.6 is 11.3 Å². The average molecular weight is 340 g/mol. The van der Waals surface area contributed by atoms with Crippen molar-refractivity contribution in [3.8, 4) is 5.75 Å². The van der Waals surface area contributed by atoms with Crippen LogP contribution in [-0.2, 0) is 0 Å². The van der Waals surface area contributed by atoms with E-state index in [0.717, 1.165) is 16.3 Å². The second-order valence-electron chi connectivity index (χ2n) is 6.33. The van der Waals surface area contributed by atoms with Crippen LogP contribution < -0.4 is 10.1 Å². The van der Waals surface area contributed by atoms with Crippen molar-refractivity contribution in [1.29, 1.82) is 0 Å². The lowest BCUT2D eigenvalue weighted by Crippen LogP contribution is -2.23. The molecule has 1 aliphatic heterocycles. The second-order valence-corrected chi connectivity index (χ2v) is 7.28. The van der Waals surface area contributed by atoms with Crippen LogP contribution in [0.2, 0.25) is 0 Å². The summed E-state index contributed by atoms with van der Waals surface area (Å²) in [5.41, 5.74) is 0.685. The summed E-state index contributed by atoms with van der Waals surface area (Å²) in [6.07, 6.45) is 0. The summed E-state index contributed by atoms with van der Waals surface area (Å²) in [5.74, 6) is 2.80. The maximum atomic E-state index is 5.19. The molecule has 3 rings (SSSR count). The van der Waals surface area contributed by atoms with Crippen LogP contribution in [-0.4, -0.2) is 30.2 Å². The highest BCUT2D eigenvalue weighted by molar-refractivity contribution is 7.12. The second kappa shape index (κ2) is 6.57. The van der Waals surface area contributed by atoms with E-state index in [1.54, 1.807) is 18.4 Å². The van der Waals surface area contributed by atoms with Crippen molar-refractivity contribution in [1.82, 2.24) is 0 Å². The number of nitrogens with zero attached hydrogens (tertiary/aromatic N) is 3. The Bertz CT molecular complexity index is 797. The molecule has 0 unspecified atom stereocenters. The van der Waals surface area contributed by atoms with Gasteiger partial charge >= 0.3 is 0 Å². The first-order chi connectivity index (χ1) is 11.4. The number of amidine groups is 3. The maximum absolute atomic E-state index is 5.19. The van der Waals surface area contributed by atoms with Crippen LogP contribution in [0.1, 0.15) is 25.6 Å². The molecule has 0 fully saturated rings. The molecule has 1 aliphatic rings. The van der Waals surface area contributed by atoms with Crippen LogP contribution in [0.3, 0.4) is 0 Å². The topological polar surface area (TPSA) is 58.3 Å². The summed E-state index contributed by atoms with van der Waals surface area (Å²) in [7, 11) is 1.65. The number of ether oxygens (including phenoxy) is 1. The number of anilines is 1. The van der Waals surface area contributed by atoms with E-state index in [-0.39, 0.29) is 5.54 Å². The fourth-order valence-electron chi connectivity index (χ4n) is 2.14. The van der Waals surface area contributed by atoms with E-state index < -0.39 is 0 Å². The van der Waals surface area contributed by atoms with Gasteiger partial charge in [-0.2, -0.15) is 0 Å². The van der Waals surface area contributed by atoms with Crippen LogP contribution in [0.25, 0.3) is 0 Å². The van der Waals surface area contributed by atoms with E-state index in [1.807, 2.05) is 62.5 Å². The van der Waals surface area contributed by atoms with Gasteiger partial charge in [0.25, 0.3) is 0 Å². The van der Waals surface area contributed by atoms with Crippen molar-refractivity contribution in [3.05, 3.63) is 46.7 Å².